The van der Waals surface area contributed by atoms with Gasteiger partial charge in [0, 0.05) is 11.8 Å². The van der Waals surface area contributed by atoms with E-state index in [0.717, 1.165) is 0 Å². The summed E-state index contributed by atoms with van der Waals surface area (Å²) in [5, 5.41) is 0. The Balaban J connectivity index is 1.74. The molecule has 0 spiro atoms. The number of Topliss-reactive ketones (excluding diaryl/α,β-unsaturated/α-hetero) is 1. The average Bonchev–Trinajstić information content (AvgIpc) is 3.29. The van der Waals surface area contributed by atoms with Crippen molar-refractivity contribution in [3.05, 3.63) is 58.6 Å². The SMILES string of the molecule is COC(=O)C(=Cc1cccc(F)c1C)C(=O)C1CCC(c2nc(C(=O)OC)co2)CC1. The Labute approximate surface area is 179 Å². The Morgan fingerprint density at radius 3 is 2.48 bits per heavy atom. The number of carbonyl (C=O) groups excluding carboxylic acids is 3. The third-order valence-electron chi connectivity index (χ3n) is 5.64. The number of rotatable bonds is 6. The number of hydrogen-bond donors (Lipinski definition) is 0. The molecule has 1 heterocycles. The maximum absolute atomic E-state index is 13.9. The van der Waals surface area contributed by atoms with Crippen molar-refractivity contribution in [2.24, 2.45) is 5.92 Å². The number of ether oxygens (including phenoxy) is 2. The van der Waals surface area contributed by atoms with Gasteiger partial charge in [-0.2, -0.15) is 0 Å². The smallest absolute Gasteiger partial charge is 0.360 e. The van der Waals surface area contributed by atoms with E-state index in [9.17, 15) is 18.8 Å². The van der Waals surface area contributed by atoms with E-state index < -0.39 is 17.8 Å². The van der Waals surface area contributed by atoms with Crippen molar-refractivity contribution in [3.8, 4) is 0 Å². The number of benzene rings is 1. The Morgan fingerprint density at radius 1 is 1.13 bits per heavy atom. The van der Waals surface area contributed by atoms with Crippen LogP contribution in [0.5, 0.6) is 0 Å². The van der Waals surface area contributed by atoms with E-state index in [4.69, 9.17) is 9.15 Å². The summed E-state index contributed by atoms with van der Waals surface area (Å²) >= 11 is 0. The maximum Gasteiger partial charge on any atom is 0.360 e. The second kappa shape index (κ2) is 9.68. The molecule has 1 aromatic heterocycles. The number of oxazole rings is 1. The van der Waals surface area contributed by atoms with Crippen molar-refractivity contribution in [1.82, 2.24) is 4.98 Å². The molecule has 1 aliphatic rings. The number of carbonyl (C=O) groups is 3. The molecule has 0 amide bonds. The monoisotopic (exact) mass is 429 g/mol. The third kappa shape index (κ3) is 4.90. The minimum absolute atomic E-state index is 0.0292. The fraction of sp³-hybridized carbons (Fsp3) is 0.391. The Bertz CT molecular complexity index is 1020. The molecule has 0 radical (unpaired) electrons. The normalized spacial score (nSPS) is 19.0. The highest BCUT2D eigenvalue weighted by Crippen LogP contribution is 2.37. The molecule has 1 fully saturated rings. The molecule has 1 aromatic carbocycles. The van der Waals surface area contributed by atoms with E-state index in [-0.39, 0.29) is 28.9 Å². The lowest BCUT2D eigenvalue weighted by Crippen LogP contribution is -2.26. The van der Waals surface area contributed by atoms with Crippen LogP contribution in [0.4, 0.5) is 4.39 Å². The van der Waals surface area contributed by atoms with Crippen LogP contribution in [0, 0.1) is 18.7 Å². The molecule has 2 aromatic rings. The highest BCUT2D eigenvalue weighted by molar-refractivity contribution is 6.21. The van der Waals surface area contributed by atoms with Gasteiger partial charge in [-0.05, 0) is 55.9 Å². The zero-order valence-corrected chi connectivity index (χ0v) is 17.6. The van der Waals surface area contributed by atoms with Crippen LogP contribution in [0.3, 0.4) is 0 Å². The van der Waals surface area contributed by atoms with Crippen LogP contribution in [0.15, 0.2) is 34.5 Å². The summed E-state index contributed by atoms with van der Waals surface area (Å²) in [4.78, 5) is 41.1. The van der Waals surface area contributed by atoms with Crippen LogP contribution in [0.1, 0.15) is 59.1 Å². The molecule has 0 bridgehead atoms. The predicted molar refractivity (Wildman–Crippen MR) is 109 cm³/mol. The van der Waals surface area contributed by atoms with E-state index >= 15 is 0 Å². The van der Waals surface area contributed by atoms with E-state index in [0.29, 0.717) is 42.7 Å². The molecule has 8 heteroatoms. The number of aromatic nitrogens is 1. The first-order valence-electron chi connectivity index (χ1n) is 9.98. The first kappa shape index (κ1) is 22.4. The molecule has 0 N–H and O–H groups in total. The molecule has 7 nitrogen and oxygen atoms in total. The fourth-order valence-electron chi connectivity index (χ4n) is 3.77. The van der Waals surface area contributed by atoms with Crippen molar-refractivity contribution < 1.29 is 32.7 Å². The largest absolute Gasteiger partial charge is 0.465 e. The van der Waals surface area contributed by atoms with E-state index in [1.165, 1.54) is 38.7 Å². The maximum atomic E-state index is 13.9. The number of esters is 2. The Morgan fingerprint density at radius 2 is 1.84 bits per heavy atom. The lowest BCUT2D eigenvalue weighted by Gasteiger charge is -2.26. The van der Waals surface area contributed by atoms with Gasteiger partial charge in [0.1, 0.15) is 17.7 Å². The number of methoxy groups -OCH3 is 2. The summed E-state index contributed by atoms with van der Waals surface area (Å²) in [6.45, 7) is 1.59. The highest BCUT2D eigenvalue weighted by atomic mass is 19.1. The van der Waals surface area contributed by atoms with Crippen LogP contribution in [0.2, 0.25) is 0 Å². The summed E-state index contributed by atoms with van der Waals surface area (Å²) in [6.07, 6.45) is 4.94. The van der Waals surface area contributed by atoms with Gasteiger partial charge in [0.25, 0.3) is 0 Å². The molecular weight excluding hydrogens is 405 g/mol. The number of ketones is 1. The fourth-order valence-corrected chi connectivity index (χ4v) is 3.77. The molecule has 0 aliphatic heterocycles. The van der Waals surface area contributed by atoms with Gasteiger partial charge in [-0.25, -0.2) is 19.0 Å². The van der Waals surface area contributed by atoms with Crippen LogP contribution >= 0.6 is 0 Å². The second-order valence-electron chi connectivity index (χ2n) is 7.48. The van der Waals surface area contributed by atoms with Crippen molar-refractivity contribution in [1.29, 1.82) is 0 Å². The Kier molecular flexibility index (Phi) is 6.99. The Hall–Kier alpha value is -3.29. The van der Waals surface area contributed by atoms with Gasteiger partial charge >= 0.3 is 11.9 Å². The summed E-state index contributed by atoms with van der Waals surface area (Å²) in [7, 11) is 2.48. The van der Waals surface area contributed by atoms with Gasteiger partial charge in [-0.1, -0.05) is 12.1 Å². The first-order chi connectivity index (χ1) is 14.8. The molecule has 1 saturated carbocycles. The molecule has 164 valence electrons. The van der Waals surface area contributed by atoms with Crippen molar-refractivity contribution >= 4 is 23.8 Å². The van der Waals surface area contributed by atoms with E-state index in [1.807, 2.05) is 0 Å². The quantitative estimate of drug-likeness (QED) is 0.296. The van der Waals surface area contributed by atoms with Crippen molar-refractivity contribution in [2.45, 2.75) is 38.5 Å². The second-order valence-corrected chi connectivity index (χ2v) is 7.48. The minimum atomic E-state index is -0.744. The van der Waals surface area contributed by atoms with Gasteiger partial charge in [0.05, 0.1) is 14.2 Å². The van der Waals surface area contributed by atoms with Crippen LogP contribution in [-0.4, -0.2) is 36.9 Å². The molecule has 3 rings (SSSR count). The standard InChI is InChI=1S/C23H24FNO6/c1-13-16(5-4-6-18(13)24)11-17(22(27)29-2)20(26)14-7-9-15(10-8-14)21-25-19(12-31-21)23(28)30-3/h4-6,11-12,14-15H,7-10H2,1-3H3. The summed E-state index contributed by atoms with van der Waals surface area (Å²) in [5.74, 6) is -2.01. The molecule has 0 unspecified atom stereocenters. The lowest BCUT2D eigenvalue weighted by atomic mass is 9.78. The summed E-state index contributed by atoms with van der Waals surface area (Å²) < 4.78 is 28.7. The molecule has 0 saturated heterocycles. The molecular formula is C23H24FNO6. The van der Waals surface area contributed by atoms with Gasteiger partial charge in [-0.15, -0.1) is 0 Å². The average molecular weight is 429 g/mol. The molecule has 0 atom stereocenters. The topological polar surface area (TPSA) is 95.7 Å². The molecule has 31 heavy (non-hydrogen) atoms. The highest BCUT2D eigenvalue weighted by Gasteiger charge is 2.33. The molecule has 1 aliphatic carbocycles. The van der Waals surface area contributed by atoms with E-state index in [1.54, 1.807) is 13.0 Å². The van der Waals surface area contributed by atoms with Crippen LogP contribution in [-0.2, 0) is 19.1 Å². The minimum Gasteiger partial charge on any atom is -0.465 e. The zero-order valence-electron chi connectivity index (χ0n) is 17.6. The van der Waals surface area contributed by atoms with Crippen molar-refractivity contribution in [2.75, 3.05) is 14.2 Å². The van der Waals surface area contributed by atoms with Crippen molar-refractivity contribution in [3.63, 3.8) is 0 Å². The zero-order chi connectivity index (χ0) is 22.5. The summed E-state index contributed by atoms with van der Waals surface area (Å²) in [6, 6.07) is 4.49. The van der Waals surface area contributed by atoms with Crippen LogP contribution in [0.25, 0.3) is 6.08 Å². The van der Waals surface area contributed by atoms with Crippen LogP contribution < -0.4 is 0 Å². The summed E-state index contributed by atoms with van der Waals surface area (Å²) in [5.41, 5.74) is 0.823. The first-order valence-corrected chi connectivity index (χ1v) is 9.98. The lowest BCUT2D eigenvalue weighted by molar-refractivity contribution is -0.138. The van der Waals surface area contributed by atoms with Gasteiger partial charge in [0.15, 0.2) is 17.4 Å². The van der Waals surface area contributed by atoms with Gasteiger partial charge < -0.3 is 13.9 Å². The van der Waals surface area contributed by atoms with Gasteiger partial charge in [0.2, 0.25) is 0 Å². The van der Waals surface area contributed by atoms with Gasteiger partial charge in [-0.3, -0.25) is 4.79 Å². The number of halogens is 1. The van der Waals surface area contributed by atoms with E-state index in [2.05, 4.69) is 9.72 Å². The number of nitrogens with zero attached hydrogens (tertiary/aromatic N) is 1. The number of hydrogen-bond acceptors (Lipinski definition) is 7. The predicted octanol–water partition coefficient (Wildman–Crippen LogP) is 4.01. The third-order valence-corrected chi connectivity index (χ3v) is 5.64.